The number of aliphatic hydroxyl groups excluding tert-OH is 1. The molecule has 1 fully saturated rings. The molecule has 0 radical (unpaired) electrons. The van der Waals surface area contributed by atoms with Crippen molar-refractivity contribution in [3.05, 3.63) is 10.6 Å². The van der Waals surface area contributed by atoms with Crippen molar-refractivity contribution in [2.45, 2.75) is 25.3 Å². The first kappa shape index (κ1) is 15.1. The number of anilines is 1. The van der Waals surface area contributed by atoms with Gasteiger partial charge in [0, 0.05) is 24.3 Å². The third-order valence-electron chi connectivity index (χ3n) is 3.07. The van der Waals surface area contributed by atoms with Crippen LogP contribution in [0.25, 0.3) is 0 Å². The third-order valence-corrected chi connectivity index (χ3v) is 6.83. The van der Waals surface area contributed by atoms with Crippen LogP contribution in [0, 0.1) is 0 Å². The molecule has 1 N–H and O–H groups in total. The van der Waals surface area contributed by atoms with Crippen LogP contribution in [0.2, 0.25) is 0 Å². The Labute approximate surface area is 122 Å². The molecule has 1 aromatic heterocycles. The third kappa shape index (κ3) is 3.24. The summed E-state index contributed by atoms with van der Waals surface area (Å²) >= 11 is 3.06. The summed E-state index contributed by atoms with van der Waals surface area (Å²) in [5.41, 5.74) is 0.868. The molecule has 1 saturated heterocycles. The van der Waals surface area contributed by atoms with Gasteiger partial charge < -0.3 is 10.0 Å². The second kappa shape index (κ2) is 5.99. The maximum Gasteiger partial charge on any atom is 0.186 e. The Bertz CT molecular complexity index is 520. The first-order valence-corrected chi connectivity index (χ1v) is 10.0. The zero-order valence-corrected chi connectivity index (χ0v) is 13.4. The van der Waals surface area contributed by atoms with E-state index in [-0.39, 0.29) is 6.61 Å². The van der Waals surface area contributed by atoms with Crippen molar-refractivity contribution in [1.82, 2.24) is 4.98 Å². The Morgan fingerprint density at radius 2 is 2.26 bits per heavy atom. The summed E-state index contributed by atoms with van der Waals surface area (Å²) in [4.78, 5) is 7.20. The Morgan fingerprint density at radius 3 is 2.79 bits per heavy atom. The van der Waals surface area contributed by atoms with Crippen LogP contribution in [0.4, 0.5) is 5.13 Å². The zero-order valence-electron chi connectivity index (χ0n) is 11.0. The van der Waals surface area contributed by atoms with Crippen molar-refractivity contribution in [1.29, 1.82) is 0 Å². The summed E-state index contributed by atoms with van der Waals surface area (Å²) in [6, 6.07) is 0. The van der Waals surface area contributed by atoms with Gasteiger partial charge in [0.15, 0.2) is 15.0 Å². The summed E-state index contributed by atoms with van der Waals surface area (Å²) < 4.78 is 23.7. The van der Waals surface area contributed by atoms with Crippen LogP contribution in [0.3, 0.4) is 0 Å². The minimum absolute atomic E-state index is 0.0348. The largest absolute Gasteiger partial charge is 0.391 e. The van der Waals surface area contributed by atoms with Gasteiger partial charge in [-0.05, 0) is 6.42 Å². The minimum Gasteiger partial charge on any atom is -0.391 e. The van der Waals surface area contributed by atoms with Crippen LogP contribution in [0.5, 0.6) is 0 Å². The predicted molar refractivity (Wildman–Crippen MR) is 80.7 cm³/mol. The number of rotatable bonds is 4. The fraction of sp³-hybridized carbons (Fsp3) is 0.727. The van der Waals surface area contributed by atoms with E-state index in [9.17, 15) is 13.5 Å². The van der Waals surface area contributed by atoms with Gasteiger partial charge in [-0.3, -0.25) is 0 Å². The monoisotopic (exact) mass is 322 g/mol. The smallest absolute Gasteiger partial charge is 0.186 e. The topological polar surface area (TPSA) is 70.5 Å². The molecule has 0 spiro atoms. The number of thioether (sulfide) groups is 1. The maximum atomic E-state index is 11.9. The lowest BCUT2D eigenvalue weighted by Gasteiger charge is -2.33. The van der Waals surface area contributed by atoms with Gasteiger partial charge >= 0.3 is 0 Å². The highest BCUT2D eigenvalue weighted by atomic mass is 32.2. The van der Waals surface area contributed by atoms with Gasteiger partial charge in [-0.25, -0.2) is 13.4 Å². The van der Waals surface area contributed by atoms with Crippen molar-refractivity contribution in [2.24, 2.45) is 0 Å². The van der Waals surface area contributed by atoms with Gasteiger partial charge in [-0.15, -0.1) is 0 Å². The van der Waals surface area contributed by atoms with E-state index in [4.69, 9.17) is 0 Å². The van der Waals surface area contributed by atoms with Gasteiger partial charge in [0.05, 0.1) is 17.2 Å². The molecule has 1 unspecified atom stereocenters. The van der Waals surface area contributed by atoms with E-state index in [0.717, 1.165) is 27.9 Å². The maximum absolute atomic E-state index is 11.9. The molecule has 1 atom stereocenters. The molecule has 2 heterocycles. The second-order valence-electron chi connectivity index (χ2n) is 4.43. The van der Waals surface area contributed by atoms with Crippen molar-refractivity contribution < 1.29 is 13.5 Å². The Morgan fingerprint density at radius 1 is 1.53 bits per heavy atom. The van der Waals surface area contributed by atoms with Crippen molar-refractivity contribution in [3.63, 3.8) is 0 Å². The molecule has 19 heavy (non-hydrogen) atoms. The highest BCUT2D eigenvalue weighted by molar-refractivity contribution is 8.01. The molecule has 0 bridgehead atoms. The second-order valence-corrected chi connectivity index (χ2v) is 8.85. The normalized spacial score (nSPS) is 20.8. The van der Waals surface area contributed by atoms with Gasteiger partial charge in [-0.1, -0.05) is 18.3 Å². The lowest BCUT2D eigenvalue weighted by atomic mass is 10.3. The molecule has 5 nitrogen and oxygen atoms in total. The van der Waals surface area contributed by atoms with Crippen LogP contribution in [0.1, 0.15) is 17.5 Å². The van der Waals surface area contributed by atoms with Crippen molar-refractivity contribution in [2.75, 3.05) is 29.2 Å². The molecular formula is C11H18N2O3S3. The molecule has 2 rings (SSSR count). The molecule has 0 amide bonds. The molecule has 1 aromatic rings. The lowest BCUT2D eigenvalue weighted by molar-refractivity contribution is 0.284. The molecule has 1 aliphatic rings. The summed E-state index contributed by atoms with van der Waals surface area (Å²) in [6.45, 7) is 2.63. The number of aromatic nitrogens is 1. The number of thiazole rings is 1. The molecular weight excluding hydrogens is 304 g/mol. The Balaban J connectivity index is 2.35. The van der Waals surface area contributed by atoms with Crippen LogP contribution in [0.15, 0.2) is 0 Å². The number of aliphatic hydroxyl groups is 1. The van der Waals surface area contributed by atoms with Gasteiger partial charge in [0.25, 0.3) is 0 Å². The van der Waals surface area contributed by atoms with Crippen LogP contribution in [-0.4, -0.2) is 48.2 Å². The average molecular weight is 322 g/mol. The average Bonchev–Trinajstić information content (AvgIpc) is 2.81. The van der Waals surface area contributed by atoms with E-state index < -0.39 is 15.2 Å². The van der Waals surface area contributed by atoms with Crippen molar-refractivity contribution in [3.8, 4) is 0 Å². The number of aryl methyl sites for hydroxylation is 1. The standard InChI is InChI=1S/C11H18N2O3S3/c1-3-8-9(6-14)18-11(12-8)13-4-5-17-7-10(13)19(2,15)16/h10,14H,3-7H2,1-2H3. The Kier molecular flexibility index (Phi) is 4.75. The molecule has 108 valence electrons. The van der Waals surface area contributed by atoms with E-state index in [2.05, 4.69) is 4.98 Å². The van der Waals surface area contributed by atoms with E-state index in [0.29, 0.717) is 12.3 Å². The first-order chi connectivity index (χ1) is 8.97. The fourth-order valence-electron chi connectivity index (χ4n) is 2.05. The van der Waals surface area contributed by atoms with Crippen LogP contribution >= 0.6 is 23.1 Å². The number of hydrogen-bond acceptors (Lipinski definition) is 7. The number of sulfone groups is 1. The first-order valence-electron chi connectivity index (χ1n) is 6.10. The summed E-state index contributed by atoms with van der Waals surface area (Å²) in [5.74, 6) is 1.48. The fourth-order valence-corrected chi connectivity index (χ4v) is 6.02. The SMILES string of the molecule is CCc1nc(N2CCSCC2S(C)(=O)=O)sc1CO. The molecule has 0 aliphatic carbocycles. The zero-order chi connectivity index (χ0) is 14.0. The van der Waals surface area contributed by atoms with E-state index >= 15 is 0 Å². The van der Waals surface area contributed by atoms with Gasteiger partial charge in [0.1, 0.15) is 5.37 Å². The highest BCUT2D eigenvalue weighted by Crippen LogP contribution is 2.32. The van der Waals surface area contributed by atoms with Gasteiger partial charge in [-0.2, -0.15) is 11.8 Å². The number of nitrogens with zero attached hydrogens (tertiary/aromatic N) is 2. The molecule has 0 aromatic carbocycles. The summed E-state index contributed by atoms with van der Waals surface area (Å²) in [5, 5.41) is 9.53. The summed E-state index contributed by atoms with van der Waals surface area (Å²) in [6.07, 6.45) is 2.02. The highest BCUT2D eigenvalue weighted by Gasteiger charge is 2.33. The lowest BCUT2D eigenvalue weighted by Crippen LogP contribution is -2.47. The summed E-state index contributed by atoms with van der Waals surface area (Å²) in [7, 11) is -3.13. The number of hydrogen-bond donors (Lipinski definition) is 1. The predicted octanol–water partition coefficient (Wildman–Crippen LogP) is 1.12. The van der Waals surface area contributed by atoms with E-state index in [1.165, 1.54) is 17.6 Å². The van der Waals surface area contributed by atoms with E-state index in [1.807, 2.05) is 11.8 Å². The van der Waals surface area contributed by atoms with E-state index in [1.54, 1.807) is 11.8 Å². The quantitative estimate of drug-likeness (QED) is 0.896. The van der Waals surface area contributed by atoms with Crippen LogP contribution in [-0.2, 0) is 22.9 Å². The minimum atomic E-state index is -3.13. The molecule has 8 heteroatoms. The van der Waals surface area contributed by atoms with Gasteiger partial charge in [0.2, 0.25) is 0 Å². The van der Waals surface area contributed by atoms with Crippen molar-refractivity contribution >= 4 is 38.1 Å². The Hall–Kier alpha value is -0.310. The molecule has 1 aliphatic heterocycles. The molecule has 0 saturated carbocycles. The van der Waals surface area contributed by atoms with Crippen LogP contribution < -0.4 is 4.90 Å².